The lowest BCUT2D eigenvalue weighted by atomic mass is 10.00. The van der Waals surface area contributed by atoms with Gasteiger partial charge in [-0.25, -0.2) is 9.59 Å². The molecule has 0 spiro atoms. The molecule has 96 valence electrons. The van der Waals surface area contributed by atoms with Crippen LogP contribution in [0.5, 0.6) is 5.75 Å². The van der Waals surface area contributed by atoms with E-state index in [4.69, 9.17) is 9.15 Å². The van der Waals surface area contributed by atoms with Crippen LogP contribution >= 0.6 is 0 Å². The summed E-state index contributed by atoms with van der Waals surface area (Å²) in [6, 6.07) is 8.07. The Morgan fingerprint density at radius 2 is 1.95 bits per heavy atom. The Balaban J connectivity index is 2.21. The van der Waals surface area contributed by atoms with Gasteiger partial charge in [-0.15, -0.1) is 0 Å². The molecule has 3 rings (SSSR count). The molecule has 0 amide bonds. The predicted molar refractivity (Wildman–Crippen MR) is 65.1 cm³/mol. The zero-order valence-corrected chi connectivity index (χ0v) is 10.0. The van der Waals surface area contributed by atoms with E-state index in [1.54, 1.807) is 31.2 Å². The molecule has 0 aliphatic carbocycles. The third kappa shape index (κ3) is 1.71. The summed E-state index contributed by atoms with van der Waals surface area (Å²) in [4.78, 5) is 23.5. The van der Waals surface area contributed by atoms with Gasteiger partial charge in [0.05, 0.1) is 5.56 Å². The van der Waals surface area contributed by atoms with E-state index in [-0.39, 0.29) is 11.3 Å². The number of hydrogen-bond acceptors (Lipinski definition) is 5. The van der Waals surface area contributed by atoms with E-state index in [2.05, 4.69) is 0 Å². The highest BCUT2D eigenvalue weighted by molar-refractivity contribution is 5.94. The average molecular weight is 258 g/mol. The highest BCUT2D eigenvalue weighted by atomic mass is 16.6. The Morgan fingerprint density at radius 3 is 2.68 bits per heavy atom. The molecule has 2 aromatic rings. The summed E-state index contributed by atoms with van der Waals surface area (Å²) in [5.41, 5.74) is 0.196. The smallest absolute Gasteiger partial charge is 0.347 e. The van der Waals surface area contributed by atoms with E-state index in [9.17, 15) is 14.7 Å². The van der Waals surface area contributed by atoms with Crippen LogP contribution in [-0.2, 0) is 4.74 Å². The lowest BCUT2D eigenvalue weighted by Gasteiger charge is -2.11. The molecule has 0 unspecified atom stereocenters. The minimum Gasteiger partial charge on any atom is -0.507 e. The van der Waals surface area contributed by atoms with Gasteiger partial charge in [-0.2, -0.15) is 0 Å². The highest BCUT2D eigenvalue weighted by Crippen LogP contribution is 2.37. The number of aromatic hydroxyl groups is 1. The van der Waals surface area contributed by atoms with Crippen molar-refractivity contribution < 1.29 is 19.1 Å². The van der Waals surface area contributed by atoms with Crippen LogP contribution in [0.15, 0.2) is 39.5 Å². The molecule has 0 radical (unpaired) electrons. The van der Waals surface area contributed by atoms with Crippen molar-refractivity contribution >= 4 is 5.97 Å². The van der Waals surface area contributed by atoms with Crippen LogP contribution in [0.1, 0.15) is 33.3 Å². The number of cyclic esters (lactones) is 1. The second-order valence-corrected chi connectivity index (χ2v) is 4.32. The maximum atomic E-state index is 11.8. The average Bonchev–Trinajstić information content (AvgIpc) is 2.67. The summed E-state index contributed by atoms with van der Waals surface area (Å²) in [5.74, 6) is -0.452. The maximum Gasteiger partial charge on any atom is 0.347 e. The lowest BCUT2D eigenvalue weighted by molar-refractivity contribution is 0.0447. The highest BCUT2D eigenvalue weighted by Gasteiger charge is 2.35. The molecular formula is C14H10O5. The third-order valence-corrected chi connectivity index (χ3v) is 3.04. The first kappa shape index (κ1) is 11.5. The van der Waals surface area contributed by atoms with Gasteiger partial charge >= 0.3 is 11.6 Å². The van der Waals surface area contributed by atoms with Gasteiger partial charge in [0.1, 0.15) is 17.1 Å². The number of carbonyl (C=O) groups is 1. The predicted octanol–water partition coefficient (Wildman–Crippen LogP) is 1.91. The molecule has 19 heavy (non-hydrogen) atoms. The molecule has 1 aliphatic heterocycles. The van der Waals surface area contributed by atoms with Crippen molar-refractivity contribution in [3.05, 3.63) is 63.2 Å². The molecular weight excluding hydrogens is 248 g/mol. The zero-order chi connectivity index (χ0) is 13.6. The molecule has 1 aromatic carbocycles. The van der Waals surface area contributed by atoms with Gasteiger partial charge in [0.25, 0.3) is 0 Å². The van der Waals surface area contributed by atoms with Crippen molar-refractivity contribution in [2.45, 2.75) is 13.0 Å². The first-order valence-electron chi connectivity index (χ1n) is 5.71. The van der Waals surface area contributed by atoms with Crippen molar-refractivity contribution in [3.63, 3.8) is 0 Å². The van der Waals surface area contributed by atoms with Gasteiger partial charge in [-0.1, -0.05) is 18.2 Å². The first-order valence-corrected chi connectivity index (χ1v) is 5.71. The zero-order valence-electron chi connectivity index (χ0n) is 10.0. The fourth-order valence-corrected chi connectivity index (χ4v) is 2.21. The first-order chi connectivity index (χ1) is 9.08. The monoisotopic (exact) mass is 258 g/mol. The normalized spacial score (nSPS) is 17.1. The van der Waals surface area contributed by atoms with E-state index >= 15 is 0 Å². The number of carbonyl (C=O) groups excluding carboxylic acids is 1. The summed E-state index contributed by atoms with van der Waals surface area (Å²) < 4.78 is 10.1. The quantitative estimate of drug-likeness (QED) is 0.791. The number of ether oxygens (including phenoxy) is 1. The van der Waals surface area contributed by atoms with Crippen LogP contribution in [-0.4, -0.2) is 11.1 Å². The molecule has 1 aromatic heterocycles. The van der Waals surface area contributed by atoms with Gasteiger partial charge in [-0.3, -0.25) is 0 Å². The van der Waals surface area contributed by atoms with Gasteiger partial charge < -0.3 is 14.3 Å². The summed E-state index contributed by atoms with van der Waals surface area (Å²) in [7, 11) is 0. The van der Waals surface area contributed by atoms with E-state index < -0.39 is 17.7 Å². The van der Waals surface area contributed by atoms with Crippen molar-refractivity contribution in [3.8, 4) is 5.75 Å². The fourth-order valence-electron chi connectivity index (χ4n) is 2.21. The molecule has 1 N–H and O–H groups in total. The topological polar surface area (TPSA) is 76.7 Å². The molecule has 5 nitrogen and oxygen atoms in total. The summed E-state index contributed by atoms with van der Waals surface area (Å²) in [6.07, 6.45) is -0.916. The lowest BCUT2D eigenvalue weighted by Crippen LogP contribution is -2.14. The fraction of sp³-hybridized carbons (Fsp3) is 0.143. The van der Waals surface area contributed by atoms with Gasteiger partial charge in [0.15, 0.2) is 6.10 Å². The van der Waals surface area contributed by atoms with Gasteiger partial charge in [0, 0.05) is 11.6 Å². The van der Waals surface area contributed by atoms with Crippen molar-refractivity contribution in [2.75, 3.05) is 0 Å². The minimum absolute atomic E-state index is 0.0519. The Morgan fingerprint density at radius 1 is 1.21 bits per heavy atom. The molecule has 5 heteroatoms. The van der Waals surface area contributed by atoms with Crippen LogP contribution in [0.4, 0.5) is 0 Å². The van der Waals surface area contributed by atoms with E-state index in [1.165, 1.54) is 6.07 Å². The Bertz CT molecular complexity index is 729. The standard InChI is InChI=1S/C14H10O5/c1-7-6-10(15)11(14(17)18-7)12-8-4-2-3-5-9(8)13(16)19-12/h2-6,12,15H,1H3/t12-/m0/s1. The molecule has 0 bridgehead atoms. The summed E-state index contributed by atoms with van der Waals surface area (Å²) in [5, 5.41) is 9.89. The second kappa shape index (κ2) is 3.98. The third-order valence-electron chi connectivity index (χ3n) is 3.04. The Labute approximate surface area is 108 Å². The number of fused-ring (bicyclic) bond motifs is 1. The molecule has 1 atom stereocenters. The number of esters is 1. The van der Waals surface area contributed by atoms with Crippen LogP contribution in [0, 0.1) is 6.92 Å². The number of hydrogen-bond donors (Lipinski definition) is 1. The Hall–Kier alpha value is -2.56. The van der Waals surface area contributed by atoms with Crippen LogP contribution in [0.2, 0.25) is 0 Å². The molecule has 0 saturated carbocycles. The number of aryl methyl sites for hydroxylation is 1. The number of benzene rings is 1. The van der Waals surface area contributed by atoms with Gasteiger partial charge in [0.2, 0.25) is 0 Å². The molecule has 1 aliphatic rings. The second-order valence-electron chi connectivity index (χ2n) is 4.32. The van der Waals surface area contributed by atoms with Gasteiger partial charge in [-0.05, 0) is 13.0 Å². The molecule has 0 saturated heterocycles. The number of rotatable bonds is 1. The van der Waals surface area contributed by atoms with Crippen molar-refractivity contribution in [1.82, 2.24) is 0 Å². The van der Waals surface area contributed by atoms with E-state index in [1.807, 2.05) is 0 Å². The van der Waals surface area contributed by atoms with Crippen molar-refractivity contribution in [1.29, 1.82) is 0 Å². The van der Waals surface area contributed by atoms with E-state index in [0.29, 0.717) is 16.9 Å². The maximum absolute atomic E-state index is 11.8. The minimum atomic E-state index is -0.916. The van der Waals surface area contributed by atoms with Crippen molar-refractivity contribution in [2.24, 2.45) is 0 Å². The van der Waals surface area contributed by atoms with Crippen LogP contribution in [0.25, 0.3) is 0 Å². The Kier molecular flexibility index (Phi) is 2.41. The van der Waals surface area contributed by atoms with Crippen LogP contribution < -0.4 is 5.63 Å². The molecule has 0 fully saturated rings. The summed E-state index contributed by atoms with van der Waals surface area (Å²) in [6.45, 7) is 1.56. The van der Waals surface area contributed by atoms with Crippen LogP contribution in [0.3, 0.4) is 0 Å². The SMILES string of the molecule is Cc1cc(O)c([C@H]2OC(=O)c3ccccc32)c(=O)o1. The van der Waals surface area contributed by atoms with E-state index in [0.717, 1.165) is 0 Å². The summed E-state index contributed by atoms with van der Waals surface area (Å²) >= 11 is 0. The molecule has 2 heterocycles. The largest absolute Gasteiger partial charge is 0.507 e.